The Hall–Kier alpha value is -5.36. The fourth-order valence-electron chi connectivity index (χ4n) is 7.21. The van der Waals surface area contributed by atoms with Crippen molar-refractivity contribution in [3.63, 3.8) is 0 Å². The molecule has 3 aliphatic heterocycles. The Kier molecular flexibility index (Phi) is 12.5. The highest BCUT2D eigenvalue weighted by Crippen LogP contribution is 2.36. The van der Waals surface area contributed by atoms with Crippen LogP contribution in [0.1, 0.15) is 63.3 Å². The monoisotopic (exact) mass is 796 g/mol. The number of esters is 1. The number of piperidine rings is 3. The van der Waals surface area contributed by atoms with E-state index in [4.69, 9.17) is 46.9 Å². The first kappa shape index (κ1) is 38.9. The Morgan fingerprint density at radius 3 is 2.27 bits per heavy atom. The van der Waals surface area contributed by atoms with Gasteiger partial charge in [0.1, 0.15) is 24.6 Å². The highest BCUT2D eigenvalue weighted by atomic mass is 35.5. The Balaban J connectivity index is 1.02. The van der Waals surface area contributed by atoms with Crippen molar-refractivity contribution in [3.05, 3.63) is 147 Å². The predicted octanol–water partition coefficient (Wildman–Crippen LogP) is 8.43. The molecule has 1 N–H and O–H groups in total. The third-order valence-corrected chi connectivity index (χ3v) is 10.9. The van der Waals surface area contributed by atoms with Crippen molar-refractivity contribution >= 4 is 35.3 Å². The molecule has 11 nitrogen and oxygen atoms in total. The standard InChI is InChI=1S/C43H42Cl2N4O7/c1-52-37-14-12-29(20-39(37)53-2)38(21-34-35(44)23-46-24-36(34)45)55-42(50)31-11-13-32(47-22-31)26-54-33-10-6-9-30(19-33)41(28-7-4-3-5-8-28)48-43(51)56-40-25-49-17-15-27(40)16-18-49/h3-14,19-20,22-24,27,38,40-41H,15-18,21,25-26H2,1-2H3,(H,48,51)/t38-,40-,41-/m0/s1. The Morgan fingerprint density at radius 2 is 1.59 bits per heavy atom. The molecule has 2 aromatic heterocycles. The number of nitrogens with one attached hydrogen (secondary N) is 1. The smallest absolute Gasteiger partial charge is 0.408 e. The molecule has 0 spiro atoms. The highest BCUT2D eigenvalue weighted by molar-refractivity contribution is 6.35. The molecule has 3 saturated heterocycles. The predicted molar refractivity (Wildman–Crippen MR) is 212 cm³/mol. The van der Waals surface area contributed by atoms with Crippen LogP contribution >= 0.6 is 23.2 Å². The third kappa shape index (κ3) is 9.35. The van der Waals surface area contributed by atoms with Crippen LogP contribution in [0.25, 0.3) is 0 Å². The van der Waals surface area contributed by atoms with Gasteiger partial charge in [-0.1, -0.05) is 71.7 Å². The van der Waals surface area contributed by atoms with Crippen LogP contribution in [0.4, 0.5) is 4.79 Å². The van der Waals surface area contributed by atoms with E-state index in [2.05, 4.69) is 20.2 Å². The summed E-state index contributed by atoms with van der Waals surface area (Å²) in [5, 5.41) is 3.81. The van der Waals surface area contributed by atoms with E-state index in [9.17, 15) is 9.59 Å². The Bertz CT molecular complexity index is 2110. The molecule has 0 radical (unpaired) electrons. The van der Waals surface area contributed by atoms with Gasteiger partial charge in [0.25, 0.3) is 0 Å². The maximum Gasteiger partial charge on any atom is 0.408 e. The van der Waals surface area contributed by atoms with Crippen molar-refractivity contribution in [2.75, 3.05) is 33.9 Å². The lowest BCUT2D eigenvalue weighted by molar-refractivity contribution is -0.0336. The molecule has 13 heteroatoms. The summed E-state index contributed by atoms with van der Waals surface area (Å²) in [5.41, 5.74) is 3.83. The quantitative estimate of drug-likeness (QED) is 0.110. The zero-order valence-corrected chi connectivity index (χ0v) is 32.5. The molecule has 3 aliphatic rings. The number of alkyl carbamates (subject to hydrolysis) is 1. The van der Waals surface area contributed by atoms with Crippen molar-refractivity contribution in [3.8, 4) is 17.2 Å². The minimum Gasteiger partial charge on any atom is -0.493 e. The number of nitrogens with zero attached hydrogens (tertiary/aromatic N) is 3. The highest BCUT2D eigenvalue weighted by Gasteiger charge is 2.37. The first-order valence-electron chi connectivity index (χ1n) is 18.4. The Morgan fingerprint density at radius 1 is 0.839 bits per heavy atom. The first-order chi connectivity index (χ1) is 27.3. The number of pyridine rings is 2. The minimum absolute atomic E-state index is 0.103. The molecule has 0 aliphatic carbocycles. The van der Waals surface area contributed by atoms with Crippen molar-refractivity contribution in [2.24, 2.45) is 5.92 Å². The van der Waals surface area contributed by atoms with Gasteiger partial charge in [-0.25, -0.2) is 9.59 Å². The number of methoxy groups -OCH3 is 2. The molecule has 1 amide bonds. The topological polar surface area (TPSA) is 121 Å². The second-order valence-electron chi connectivity index (χ2n) is 13.8. The van der Waals surface area contributed by atoms with Crippen LogP contribution in [0, 0.1) is 5.92 Å². The summed E-state index contributed by atoms with van der Waals surface area (Å²) in [7, 11) is 3.08. The molecular formula is C43H42Cl2N4O7. The summed E-state index contributed by atoms with van der Waals surface area (Å²) in [5.74, 6) is 1.41. The van der Waals surface area contributed by atoms with Gasteiger partial charge in [-0.15, -0.1) is 0 Å². The van der Waals surface area contributed by atoms with Crippen LogP contribution in [0.3, 0.4) is 0 Å². The average molecular weight is 798 g/mol. The molecule has 8 rings (SSSR count). The lowest BCUT2D eigenvalue weighted by Gasteiger charge is -2.43. The molecule has 56 heavy (non-hydrogen) atoms. The number of halogens is 2. The van der Waals surface area contributed by atoms with Crippen LogP contribution in [-0.2, 0) is 22.5 Å². The van der Waals surface area contributed by atoms with Crippen molar-refractivity contribution < 1.29 is 33.3 Å². The number of amides is 1. The molecule has 0 saturated carbocycles. The van der Waals surface area contributed by atoms with Gasteiger partial charge in [-0.3, -0.25) is 14.9 Å². The number of carbonyl (C=O) groups excluding carboxylic acids is 2. The van der Waals surface area contributed by atoms with Crippen LogP contribution in [0.15, 0.2) is 104 Å². The molecule has 5 aromatic rings. The van der Waals surface area contributed by atoms with E-state index in [0.29, 0.717) is 50.0 Å². The average Bonchev–Trinajstić information content (AvgIpc) is 3.23. The molecular weight excluding hydrogens is 755 g/mol. The second kappa shape index (κ2) is 18.1. The van der Waals surface area contributed by atoms with Gasteiger partial charge in [0.2, 0.25) is 0 Å². The minimum atomic E-state index is -0.786. The molecule has 3 atom stereocenters. The summed E-state index contributed by atoms with van der Waals surface area (Å²) in [6.07, 6.45) is 5.40. The van der Waals surface area contributed by atoms with E-state index in [0.717, 1.165) is 43.6 Å². The van der Waals surface area contributed by atoms with Gasteiger partial charge in [0.15, 0.2) is 11.5 Å². The van der Waals surface area contributed by atoms with Crippen LogP contribution in [0.2, 0.25) is 10.0 Å². The number of fused-ring (bicyclic) bond motifs is 3. The first-order valence-corrected chi connectivity index (χ1v) is 19.2. The maximum absolute atomic E-state index is 13.5. The van der Waals surface area contributed by atoms with Crippen molar-refractivity contribution in [1.82, 2.24) is 20.2 Å². The molecule has 0 unspecified atom stereocenters. The van der Waals surface area contributed by atoms with E-state index < -0.39 is 24.2 Å². The number of rotatable bonds is 14. The van der Waals surface area contributed by atoms with Gasteiger partial charge < -0.3 is 29.0 Å². The molecule has 2 bridgehead atoms. The zero-order valence-electron chi connectivity index (χ0n) is 31.0. The summed E-state index contributed by atoms with van der Waals surface area (Å²) >= 11 is 12.9. The van der Waals surface area contributed by atoms with Gasteiger partial charge in [0, 0.05) is 31.6 Å². The number of benzene rings is 3. The van der Waals surface area contributed by atoms with E-state index in [1.165, 1.54) is 25.7 Å². The third-order valence-electron chi connectivity index (χ3n) is 10.3. The number of hydrogen-bond donors (Lipinski definition) is 1. The molecule has 290 valence electrons. The van der Waals surface area contributed by atoms with Crippen LogP contribution in [0.5, 0.6) is 17.2 Å². The van der Waals surface area contributed by atoms with E-state index in [1.807, 2.05) is 54.6 Å². The van der Waals surface area contributed by atoms with Crippen LogP contribution in [-0.4, -0.2) is 66.9 Å². The van der Waals surface area contributed by atoms with Crippen molar-refractivity contribution in [1.29, 1.82) is 0 Å². The molecule has 3 fully saturated rings. The maximum atomic E-state index is 13.5. The van der Waals surface area contributed by atoms with Gasteiger partial charge >= 0.3 is 12.1 Å². The molecule has 3 aromatic carbocycles. The van der Waals surface area contributed by atoms with E-state index >= 15 is 0 Å². The van der Waals surface area contributed by atoms with E-state index in [1.54, 1.807) is 37.4 Å². The fourth-order valence-corrected chi connectivity index (χ4v) is 7.73. The number of ether oxygens (including phenoxy) is 5. The van der Waals surface area contributed by atoms with Crippen molar-refractivity contribution in [2.45, 2.75) is 44.1 Å². The van der Waals surface area contributed by atoms with E-state index in [-0.39, 0.29) is 24.7 Å². The SMILES string of the molecule is COc1ccc([C@H](Cc2c(Cl)cncc2Cl)OC(=O)c2ccc(COc3cccc([C@@H](NC(=O)O[C@H]4CN5CCC4CC5)c4ccccc4)c3)nc2)cc1OC. The molecule has 5 heterocycles. The lowest BCUT2D eigenvalue weighted by atomic mass is 9.86. The number of carbonyl (C=O) groups is 2. The normalized spacial score (nSPS) is 18.3. The van der Waals surface area contributed by atoms with Gasteiger partial charge in [-0.05, 0) is 90.5 Å². The second-order valence-corrected chi connectivity index (χ2v) is 14.6. The Labute approximate surface area is 335 Å². The lowest BCUT2D eigenvalue weighted by Crippen LogP contribution is -2.52. The van der Waals surface area contributed by atoms with Gasteiger partial charge in [0.05, 0.1) is 41.6 Å². The van der Waals surface area contributed by atoms with Crippen LogP contribution < -0.4 is 19.5 Å². The zero-order chi connectivity index (χ0) is 39.0. The van der Waals surface area contributed by atoms with Gasteiger partial charge in [-0.2, -0.15) is 0 Å². The summed E-state index contributed by atoms with van der Waals surface area (Å²) < 4.78 is 29.1. The fraction of sp³-hybridized carbons (Fsp3) is 0.302. The summed E-state index contributed by atoms with van der Waals surface area (Å²) in [6.45, 7) is 3.06. The number of aromatic nitrogens is 2. The number of hydrogen-bond acceptors (Lipinski definition) is 10. The summed E-state index contributed by atoms with van der Waals surface area (Å²) in [4.78, 5) is 37.7. The summed E-state index contributed by atoms with van der Waals surface area (Å²) in [6, 6.07) is 25.5. The largest absolute Gasteiger partial charge is 0.493 e.